The van der Waals surface area contributed by atoms with Crippen molar-refractivity contribution >= 4 is 10.9 Å². The summed E-state index contributed by atoms with van der Waals surface area (Å²) in [5.74, 6) is 0.911. The molecule has 2 heterocycles. The average molecular weight is 349 g/mol. The predicted octanol–water partition coefficient (Wildman–Crippen LogP) is 3.86. The zero-order valence-corrected chi connectivity index (χ0v) is 15.4. The molecule has 1 aliphatic rings. The number of hydrogen-bond acceptors (Lipinski definition) is 3. The number of hydrogen-bond donors (Lipinski definition) is 2. The Hall–Kier alpha value is -2.30. The van der Waals surface area contributed by atoms with E-state index in [9.17, 15) is 0 Å². The molecule has 3 N–H and O–H groups in total. The zero-order valence-electron chi connectivity index (χ0n) is 15.4. The molecule has 4 heteroatoms. The summed E-state index contributed by atoms with van der Waals surface area (Å²) in [6.07, 6.45) is 2.28. The molecule has 0 radical (unpaired) electrons. The molecule has 0 saturated carbocycles. The Morgan fingerprint density at radius 2 is 1.88 bits per heavy atom. The number of aromatic amines is 1. The van der Waals surface area contributed by atoms with E-state index in [0.29, 0.717) is 0 Å². The van der Waals surface area contributed by atoms with Crippen LogP contribution in [0.1, 0.15) is 36.2 Å². The van der Waals surface area contributed by atoms with Crippen molar-refractivity contribution in [1.82, 2.24) is 9.88 Å². The van der Waals surface area contributed by atoms with E-state index in [4.69, 9.17) is 10.5 Å². The van der Waals surface area contributed by atoms with Gasteiger partial charge in [-0.2, -0.15) is 0 Å². The highest BCUT2D eigenvalue weighted by atomic mass is 16.5. The predicted molar refractivity (Wildman–Crippen MR) is 107 cm³/mol. The molecule has 0 spiro atoms. The van der Waals surface area contributed by atoms with Gasteiger partial charge in [-0.05, 0) is 55.3 Å². The number of nitrogens with two attached hydrogens (primary N) is 1. The van der Waals surface area contributed by atoms with Crippen LogP contribution in [0.25, 0.3) is 10.9 Å². The van der Waals surface area contributed by atoms with Crippen LogP contribution in [0.3, 0.4) is 0 Å². The molecule has 136 valence electrons. The van der Waals surface area contributed by atoms with E-state index in [0.717, 1.165) is 42.1 Å². The molecular weight excluding hydrogens is 322 g/mol. The second-order valence-electron chi connectivity index (χ2n) is 7.01. The van der Waals surface area contributed by atoms with Gasteiger partial charge >= 0.3 is 0 Å². The van der Waals surface area contributed by atoms with Crippen molar-refractivity contribution in [3.8, 4) is 5.75 Å². The molecule has 1 aromatic heterocycles. The van der Waals surface area contributed by atoms with Crippen LogP contribution in [0, 0.1) is 0 Å². The van der Waals surface area contributed by atoms with Gasteiger partial charge in [0, 0.05) is 23.1 Å². The molecule has 26 heavy (non-hydrogen) atoms. The van der Waals surface area contributed by atoms with E-state index in [2.05, 4.69) is 53.2 Å². The van der Waals surface area contributed by atoms with Crippen LogP contribution in [0.2, 0.25) is 0 Å². The second kappa shape index (κ2) is 7.52. The van der Waals surface area contributed by atoms with Crippen molar-refractivity contribution in [1.29, 1.82) is 0 Å². The minimum Gasteiger partial charge on any atom is -0.492 e. The molecule has 1 aliphatic heterocycles. The molecule has 0 bridgehead atoms. The minimum absolute atomic E-state index is 0.160. The molecule has 0 amide bonds. The van der Waals surface area contributed by atoms with Gasteiger partial charge in [0.2, 0.25) is 0 Å². The van der Waals surface area contributed by atoms with Gasteiger partial charge in [-0.1, -0.05) is 37.3 Å². The van der Waals surface area contributed by atoms with E-state index >= 15 is 0 Å². The molecule has 0 aliphatic carbocycles. The fraction of sp³-hybridized carbons (Fsp3) is 0.364. The normalized spacial score (nSPS) is 15.8. The SMILES string of the molecule is CCc1c([C@H](N)c2ccc(OCCN3CCC3)cc2)[nH]c2ccccc12. The fourth-order valence-corrected chi connectivity index (χ4v) is 3.70. The van der Waals surface area contributed by atoms with Crippen LogP contribution in [-0.2, 0) is 6.42 Å². The number of ether oxygens (including phenoxy) is 1. The number of likely N-dealkylation sites (tertiary alicyclic amines) is 1. The van der Waals surface area contributed by atoms with E-state index < -0.39 is 0 Å². The number of H-pyrrole nitrogens is 1. The first-order chi connectivity index (χ1) is 12.8. The van der Waals surface area contributed by atoms with Crippen LogP contribution in [-0.4, -0.2) is 36.1 Å². The number of benzene rings is 2. The van der Waals surface area contributed by atoms with Crippen molar-refractivity contribution in [3.05, 3.63) is 65.4 Å². The molecule has 4 nitrogen and oxygen atoms in total. The van der Waals surface area contributed by atoms with Gasteiger partial charge in [0.15, 0.2) is 0 Å². The summed E-state index contributed by atoms with van der Waals surface area (Å²) in [5, 5.41) is 1.27. The monoisotopic (exact) mass is 349 g/mol. The van der Waals surface area contributed by atoms with Gasteiger partial charge in [0.1, 0.15) is 12.4 Å². The number of aromatic nitrogens is 1. The summed E-state index contributed by atoms with van der Waals surface area (Å²) >= 11 is 0. The van der Waals surface area contributed by atoms with Crippen LogP contribution in [0.4, 0.5) is 0 Å². The van der Waals surface area contributed by atoms with Crippen LogP contribution in [0.15, 0.2) is 48.5 Å². The average Bonchev–Trinajstić information content (AvgIpc) is 3.02. The Morgan fingerprint density at radius 1 is 1.12 bits per heavy atom. The van der Waals surface area contributed by atoms with Crippen molar-refractivity contribution < 1.29 is 4.74 Å². The maximum absolute atomic E-state index is 6.59. The minimum atomic E-state index is -0.160. The standard InChI is InChI=1S/C22H27N3O/c1-2-18-19-6-3-4-7-20(19)24-22(18)21(23)16-8-10-17(11-9-16)26-15-14-25-12-5-13-25/h3-4,6-11,21,24H,2,5,12-15,23H2,1H3/t21-/m1/s1. The Balaban J connectivity index is 1.48. The van der Waals surface area contributed by atoms with Crippen molar-refractivity contribution in [2.45, 2.75) is 25.8 Å². The summed E-state index contributed by atoms with van der Waals surface area (Å²) in [4.78, 5) is 5.94. The Bertz CT molecular complexity index is 865. The maximum atomic E-state index is 6.59. The van der Waals surface area contributed by atoms with E-state index in [1.807, 2.05) is 12.1 Å². The first kappa shape index (κ1) is 17.1. The molecule has 1 fully saturated rings. The summed E-state index contributed by atoms with van der Waals surface area (Å²) in [6.45, 7) is 6.35. The van der Waals surface area contributed by atoms with Gasteiger partial charge in [-0.15, -0.1) is 0 Å². The second-order valence-corrected chi connectivity index (χ2v) is 7.01. The quantitative estimate of drug-likeness (QED) is 0.681. The lowest BCUT2D eigenvalue weighted by atomic mass is 9.99. The maximum Gasteiger partial charge on any atom is 0.119 e. The van der Waals surface area contributed by atoms with Crippen molar-refractivity contribution in [3.63, 3.8) is 0 Å². The van der Waals surface area contributed by atoms with Gasteiger partial charge in [0.05, 0.1) is 6.04 Å². The topological polar surface area (TPSA) is 54.3 Å². The van der Waals surface area contributed by atoms with Gasteiger partial charge in [-0.25, -0.2) is 0 Å². The zero-order chi connectivity index (χ0) is 17.9. The molecule has 3 aromatic rings. The number of nitrogens with zero attached hydrogens (tertiary/aromatic N) is 1. The van der Waals surface area contributed by atoms with Crippen LogP contribution in [0.5, 0.6) is 5.75 Å². The van der Waals surface area contributed by atoms with E-state index in [1.54, 1.807) is 0 Å². The van der Waals surface area contributed by atoms with Crippen molar-refractivity contribution in [2.75, 3.05) is 26.2 Å². The van der Waals surface area contributed by atoms with Crippen LogP contribution >= 0.6 is 0 Å². The molecular formula is C22H27N3O. The fourth-order valence-electron chi connectivity index (χ4n) is 3.70. The van der Waals surface area contributed by atoms with E-state index in [-0.39, 0.29) is 6.04 Å². The van der Waals surface area contributed by atoms with Crippen molar-refractivity contribution in [2.24, 2.45) is 5.73 Å². The number of nitrogens with one attached hydrogen (secondary N) is 1. The number of para-hydroxylation sites is 1. The number of rotatable bonds is 7. The third-order valence-corrected chi connectivity index (χ3v) is 5.38. The Morgan fingerprint density at radius 3 is 2.58 bits per heavy atom. The molecule has 1 saturated heterocycles. The number of aryl methyl sites for hydroxylation is 1. The van der Waals surface area contributed by atoms with Gasteiger partial charge in [0.25, 0.3) is 0 Å². The smallest absolute Gasteiger partial charge is 0.119 e. The van der Waals surface area contributed by atoms with Gasteiger partial charge < -0.3 is 15.5 Å². The van der Waals surface area contributed by atoms with Gasteiger partial charge in [-0.3, -0.25) is 4.90 Å². The first-order valence-electron chi connectivity index (χ1n) is 9.56. The molecule has 2 aromatic carbocycles. The molecule has 1 atom stereocenters. The Kier molecular flexibility index (Phi) is 4.96. The highest BCUT2D eigenvalue weighted by Gasteiger charge is 2.17. The highest BCUT2D eigenvalue weighted by molar-refractivity contribution is 5.85. The summed E-state index contributed by atoms with van der Waals surface area (Å²) in [6, 6.07) is 16.5. The highest BCUT2D eigenvalue weighted by Crippen LogP contribution is 2.30. The third-order valence-electron chi connectivity index (χ3n) is 5.38. The Labute approximate surface area is 155 Å². The number of fused-ring (bicyclic) bond motifs is 1. The summed E-state index contributed by atoms with van der Waals surface area (Å²) in [5.41, 5.74) is 11.3. The molecule has 4 rings (SSSR count). The van der Waals surface area contributed by atoms with Crippen LogP contribution < -0.4 is 10.5 Å². The summed E-state index contributed by atoms with van der Waals surface area (Å²) < 4.78 is 5.86. The molecule has 0 unspecified atom stereocenters. The first-order valence-corrected chi connectivity index (χ1v) is 9.56. The third kappa shape index (κ3) is 3.35. The lowest BCUT2D eigenvalue weighted by molar-refractivity contribution is 0.147. The summed E-state index contributed by atoms with van der Waals surface area (Å²) in [7, 11) is 0. The largest absolute Gasteiger partial charge is 0.492 e. The lowest BCUT2D eigenvalue weighted by Crippen LogP contribution is -2.39. The lowest BCUT2D eigenvalue weighted by Gasteiger charge is -2.30. The van der Waals surface area contributed by atoms with E-state index in [1.165, 1.54) is 30.5 Å².